The summed E-state index contributed by atoms with van der Waals surface area (Å²) in [5.41, 5.74) is 3.70. The summed E-state index contributed by atoms with van der Waals surface area (Å²) in [5, 5.41) is 8.41. The first-order chi connectivity index (χ1) is 16.9. The van der Waals surface area contributed by atoms with Gasteiger partial charge in [0.2, 0.25) is 5.78 Å². The third-order valence-corrected chi connectivity index (χ3v) is 6.60. The van der Waals surface area contributed by atoms with Crippen molar-refractivity contribution in [1.29, 1.82) is 0 Å². The topological polar surface area (TPSA) is 89.8 Å². The lowest BCUT2D eigenvalue weighted by molar-refractivity contribution is 0.102. The molecule has 5 aromatic rings. The van der Waals surface area contributed by atoms with Crippen LogP contribution in [0.25, 0.3) is 22.3 Å². The van der Waals surface area contributed by atoms with E-state index in [0.717, 1.165) is 16.6 Å². The number of ketones is 1. The van der Waals surface area contributed by atoms with Crippen LogP contribution in [0.5, 0.6) is 0 Å². The molecule has 35 heavy (non-hydrogen) atoms. The smallest absolute Gasteiger partial charge is 0.259 e. The zero-order chi connectivity index (χ0) is 24.5. The Hall–Kier alpha value is -4.17. The van der Waals surface area contributed by atoms with Crippen molar-refractivity contribution in [3.63, 3.8) is 0 Å². The average molecular weight is 482 g/mol. The molecule has 8 heteroatoms. The van der Waals surface area contributed by atoms with E-state index in [-0.39, 0.29) is 17.7 Å². The van der Waals surface area contributed by atoms with E-state index in [4.69, 9.17) is 0 Å². The fourth-order valence-corrected chi connectivity index (χ4v) is 4.82. The number of pyridine rings is 1. The second kappa shape index (κ2) is 9.23. The normalized spacial score (nSPS) is 11.2. The van der Waals surface area contributed by atoms with Gasteiger partial charge in [-0.1, -0.05) is 72.0 Å². The molecular weight excluding hydrogens is 458 g/mol. The first-order valence-electron chi connectivity index (χ1n) is 11.2. The Morgan fingerprint density at radius 2 is 1.66 bits per heavy atom. The summed E-state index contributed by atoms with van der Waals surface area (Å²) in [6.45, 7) is 5.87. The van der Waals surface area contributed by atoms with Crippen molar-refractivity contribution >= 4 is 39.2 Å². The molecule has 7 nitrogen and oxygen atoms in total. The highest BCUT2D eigenvalue weighted by atomic mass is 32.1. The number of carbonyl (C=O) groups is 2. The number of carbonyl (C=O) groups excluding carboxylic acids is 2. The van der Waals surface area contributed by atoms with E-state index in [0.29, 0.717) is 32.5 Å². The van der Waals surface area contributed by atoms with Crippen LogP contribution in [0.15, 0.2) is 72.9 Å². The SMILES string of the molecule is Cc1nc2c(cnn2C(C)C)cc1C(=O)Nc1nc(-c2ccccc2)c(C(=O)c2ccccc2)s1. The molecule has 2 aromatic carbocycles. The minimum absolute atomic E-state index is 0.136. The number of benzene rings is 2. The molecule has 0 atom stereocenters. The van der Waals surface area contributed by atoms with E-state index < -0.39 is 0 Å². The van der Waals surface area contributed by atoms with Crippen LogP contribution in [0.2, 0.25) is 0 Å². The highest BCUT2D eigenvalue weighted by molar-refractivity contribution is 7.18. The second-order valence-electron chi connectivity index (χ2n) is 8.43. The van der Waals surface area contributed by atoms with Gasteiger partial charge in [0, 0.05) is 22.6 Å². The number of nitrogens with one attached hydrogen (secondary N) is 1. The van der Waals surface area contributed by atoms with Crippen LogP contribution in [0.4, 0.5) is 5.13 Å². The van der Waals surface area contributed by atoms with Gasteiger partial charge < -0.3 is 0 Å². The lowest BCUT2D eigenvalue weighted by atomic mass is 10.1. The molecule has 0 radical (unpaired) electrons. The van der Waals surface area contributed by atoms with Gasteiger partial charge in [-0.25, -0.2) is 14.6 Å². The summed E-state index contributed by atoms with van der Waals surface area (Å²) < 4.78 is 1.83. The molecule has 0 fully saturated rings. The first-order valence-corrected chi connectivity index (χ1v) is 12.1. The Morgan fingerprint density at radius 3 is 2.34 bits per heavy atom. The summed E-state index contributed by atoms with van der Waals surface area (Å²) in [6, 6.07) is 20.5. The Morgan fingerprint density at radius 1 is 0.971 bits per heavy atom. The molecule has 0 aliphatic rings. The fourth-order valence-electron chi connectivity index (χ4n) is 3.88. The van der Waals surface area contributed by atoms with Gasteiger partial charge in [-0.05, 0) is 26.8 Å². The van der Waals surface area contributed by atoms with Gasteiger partial charge in [-0.3, -0.25) is 14.9 Å². The average Bonchev–Trinajstić information content (AvgIpc) is 3.48. The number of thiazole rings is 1. The summed E-state index contributed by atoms with van der Waals surface area (Å²) >= 11 is 1.17. The maximum atomic E-state index is 13.3. The number of anilines is 1. The van der Waals surface area contributed by atoms with Crippen LogP contribution in [-0.2, 0) is 0 Å². The van der Waals surface area contributed by atoms with Crippen molar-refractivity contribution in [3.8, 4) is 11.3 Å². The number of fused-ring (bicyclic) bond motifs is 1. The van der Waals surface area contributed by atoms with Crippen molar-refractivity contribution in [2.75, 3.05) is 5.32 Å². The number of hydrogen-bond acceptors (Lipinski definition) is 6. The van der Waals surface area contributed by atoms with E-state index in [2.05, 4.69) is 20.4 Å². The van der Waals surface area contributed by atoms with Crippen LogP contribution < -0.4 is 5.32 Å². The van der Waals surface area contributed by atoms with Gasteiger partial charge in [0.1, 0.15) is 4.88 Å². The Balaban J connectivity index is 1.51. The van der Waals surface area contributed by atoms with Crippen molar-refractivity contribution in [1.82, 2.24) is 19.7 Å². The molecule has 0 saturated carbocycles. The Kier molecular flexibility index (Phi) is 5.96. The van der Waals surface area contributed by atoms with Gasteiger partial charge in [0.05, 0.1) is 23.1 Å². The molecule has 3 heterocycles. The number of amides is 1. The summed E-state index contributed by atoms with van der Waals surface area (Å²) in [7, 11) is 0. The first kappa shape index (κ1) is 22.6. The van der Waals surface area contributed by atoms with Crippen molar-refractivity contribution in [3.05, 3.63) is 94.6 Å². The maximum absolute atomic E-state index is 13.3. The van der Waals surface area contributed by atoms with Crippen LogP contribution >= 0.6 is 11.3 Å². The van der Waals surface area contributed by atoms with Gasteiger partial charge in [-0.15, -0.1) is 0 Å². The Labute approximate surface area is 206 Å². The van der Waals surface area contributed by atoms with E-state index in [9.17, 15) is 9.59 Å². The molecule has 0 unspecified atom stereocenters. The van der Waals surface area contributed by atoms with Gasteiger partial charge in [0.15, 0.2) is 10.8 Å². The van der Waals surface area contributed by atoms with E-state index >= 15 is 0 Å². The summed E-state index contributed by atoms with van der Waals surface area (Å²) in [6.07, 6.45) is 1.71. The molecule has 1 amide bonds. The summed E-state index contributed by atoms with van der Waals surface area (Å²) in [5.74, 6) is -0.468. The van der Waals surface area contributed by atoms with E-state index in [1.54, 1.807) is 31.3 Å². The maximum Gasteiger partial charge on any atom is 0.259 e. The lowest BCUT2D eigenvalue weighted by Gasteiger charge is -2.09. The fraction of sp³-hybridized carbons (Fsp3) is 0.148. The quantitative estimate of drug-likeness (QED) is 0.304. The van der Waals surface area contributed by atoms with Gasteiger partial charge in [-0.2, -0.15) is 5.10 Å². The number of rotatable bonds is 6. The van der Waals surface area contributed by atoms with Crippen LogP contribution in [-0.4, -0.2) is 31.4 Å². The molecule has 0 spiro atoms. The number of aryl methyl sites for hydroxylation is 1. The van der Waals surface area contributed by atoms with Crippen LogP contribution in [0, 0.1) is 6.92 Å². The van der Waals surface area contributed by atoms with Crippen LogP contribution in [0.1, 0.15) is 51.2 Å². The second-order valence-corrected chi connectivity index (χ2v) is 9.43. The molecule has 3 aromatic heterocycles. The third-order valence-electron chi connectivity index (χ3n) is 5.63. The lowest BCUT2D eigenvalue weighted by Crippen LogP contribution is -2.14. The number of nitrogens with zero attached hydrogens (tertiary/aromatic N) is 4. The summed E-state index contributed by atoms with van der Waals surface area (Å²) in [4.78, 5) is 36.3. The third kappa shape index (κ3) is 4.36. The molecule has 0 aliphatic heterocycles. The van der Waals surface area contributed by atoms with Crippen LogP contribution in [0.3, 0.4) is 0 Å². The predicted octanol–water partition coefficient (Wildman–Crippen LogP) is 5.93. The Bertz CT molecular complexity index is 1540. The van der Waals surface area contributed by atoms with Gasteiger partial charge in [0.25, 0.3) is 5.91 Å². The zero-order valence-corrected chi connectivity index (χ0v) is 20.3. The minimum Gasteiger partial charge on any atom is -0.298 e. The molecular formula is C27H23N5O2S. The molecule has 174 valence electrons. The van der Waals surface area contributed by atoms with E-state index in [1.807, 2.05) is 67.1 Å². The van der Waals surface area contributed by atoms with Crippen molar-refractivity contribution < 1.29 is 9.59 Å². The van der Waals surface area contributed by atoms with E-state index in [1.165, 1.54) is 11.3 Å². The molecule has 0 bridgehead atoms. The molecule has 0 aliphatic carbocycles. The highest BCUT2D eigenvalue weighted by Gasteiger charge is 2.23. The molecule has 5 rings (SSSR count). The molecule has 1 N–H and O–H groups in total. The van der Waals surface area contributed by atoms with Crippen molar-refractivity contribution in [2.24, 2.45) is 0 Å². The predicted molar refractivity (Wildman–Crippen MR) is 138 cm³/mol. The standard InChI is InChI=1S/C27H23N5O2S/c1-16(2)32-25-20(15-28-32)14-21(17(3)29-25)26(34)31-27-30-22(18-10-6-4-7-11-18)24(35-27)23(33)19-12-8-5-9-13-19/h4-16H,1-3H3,(H,30,31,34). The largest absolute Gasteiger partial charge is 0.298 e. The van der Waals surface area contributed by atoms with Crippen molar-refractivity contribution in [2.45, 2.75) is 26.8 Å². The minimum atomic E-state index is -0.332. The number of aromatic nitrogens is 4. The monoisotopic (exact) mass is 481 g/mol. The highest BCUT2D eigenvalue weighted by Crippen LogP contribution is 2.33. The zero-order valence-electron chi connectivity index (χ0n) is 19.5. The molecule has 0 saturated heterocycles. The van der Waals surface area contributed by atoms with Gasteiger partial charge >= 0.3 is 0 Å². The number of hydrogen-bond donors (Lipinski definition) is 1.